The van der Waals surface area contributed by atoms with Crippen molar-refractivity contribution in [1.82, 2.24) is 48.0 Å². The molecule has 0 aromatic rings. The maximum Gasteiger partial charge on any atom is 0.327 e. The van der Waals surface area contributed by atoms with Crippen molar-refractivity contribution in [2.75, 3.05) is 25.4 Å². The van der Waals surface area contributed by atoms with Gasteiger partial charge < -0.3 is 59.1 Å². The Morgan fingerprint density at radius 1 is 0.617 bits per heavy atom. The van der Waals surface area contributed by atoms with E-state index in [2.05, 4.69) is 70.7 Å². The number of rotatable bonds is 31. The van der Waals surface area contributed by atoms with E-state index in [1.165, 1.54) is 6.92 Å². The number of hydrogen-bond acceptors (Lipinski definition) is 11. The normalized spacial score (nSPS) is 13.7. The molecule has 6 atom stereocenters. The number of nitrogens with two attached hydrogens (primary N) is 2. The van der Waals surface area contributed by atoms with Gasteiger partial charge in [0, 0.05) is 25.8 Å². The summed E-state index contributed by atoms with van der Waals surface area (Å²) in [7, 11) is 0. The Kier molecular flexibility index (Phi) is 27.5. The molecule has 0 spiro atoms. The number of unbranched alkanes of at least 4 members (excludes halogenated alkanes) is 1. The number of nitrogens with zero attached hydrogens (tertiary/aromatic N) is 3. The molecular weight excluding hydrogens is 805 g/mol. The van der Waals surface area contributed by atoms with Gasteiger partial charge in [0.2, 0.25) is 35.4 Å². The van der Waals surface area contributed by atoms with Crippen molar-refractivity contribution in [3.05, 3.63) is 10.4 Å². The minimum atomic E-state index is -1.35. The monoisotopic (exact) mass is 870 g/mol. The van der Waals surface area contributed by atoms with Crippen LogP contribution in [0.4, 0.5) is 0 Å². The highest BCUT2D eigenvalue weighted by Gasteiger charge is 2.33. The summed E-state index contributed by atoms with van der Waals surface area (Å²) in [6, 6.07) is -7.24. The number of thiol groups is 1. The topological polar surface area (TPSA) is 396 Å². The number of nitrogens with one attached hydrogen (secondary N) is 11. The zero-order valence-corrected chi connectivity index (χ0v) is 36.0. The van der Waals surface area contributed by atoms with E-state index >= 15 is 0 Å². The van der Waals surface area contributed by atoms with E-state index in [0.717, 1.165) is 0 Å². The number of carbonyl (C=O) groups is 7. The van der Waals surface area contributed by atoms with Crippen LogP contribution in [0.5, 0.6) is 0 Å². The van der Waals surface area contributed by atoms with Crippen molar-refractivity contribution in [2.45, 2.75) is 129 Å². The molecule has 0 radical (unpaired) electrons. The van der Waals surface area contributed by atoms with Gasteiger partial charge in [-0.15, -0.1) is 5.53 Å². The molecule has 25 heteroatoms. The highest BCUT2D eigenvalue weighted by Crippen LogP contribution is 2.12. The van der Waals surface area contributed by atoms with Crippen LogP contribution in [0.25, 0.3) is 10.4 Å². The maximum atomic E-state index is 14.0. The minimum absolute atomic E-state index is 0.0115. The van der Waals surface area contributed by atoms with Gasteiger partial charge in [0.25, 0.3) is 0 Å². The molecule has 60 heavy (non-hydrogen) atoms. The van der Waals surface area contributed by atoms with E-state index < -0.39 is 77.7 Å². The van der Waals surface area contributed by atoms with E-state index in [9.17, 15) is 38.7 Å². The number of aliphatic carboxylic acids is 1. The minimum Gasteiger partial charge on any atom is -0.480 e. The molecule has 0 aliphatic heterocycles. The summed E-state index contributed by atoms with van der Waals surface area (Å²) in [5.74, 6) is -6.60. The fourth-order valence-corrected chi connectivity index (χ4v) is 5.94. The lowest BCUT2D eigenvalue weighted by Gasteiger charge is -2.28. The summed E-state index contributed by atoms with van der Waals surface area (Å²) >= 11 is 3.98. The van der Waals surface area contributed by atoms with E-state index in [1.807, 2.05) is 27.7 Å². The van der Waals surface area contributed by atoms with Gasteiger partial charge in [-0.1, -0.05) is 27.7 Å². The number of carbonyl (C=O) groups excluding carboxylic acids is 6. The van der Waals surface area contributed by atoms with Gasteiger partial charge in [0.15, 0.2) is 11.9 Å². The van der Waals surface area contributed by atoms with E-state index in [4.69, 9.17) is 27.8 Å². The summed E-state index contributed by atoms with van der Waals surface area (Å²) < 4.78 is 0. The summed E-state index contributed by atoms with van der Waals surface area (Å²) in [6.45, 7) is 9.17. The fourth-order valence-electron chi connectivity index (χ4n) is 5.70. The van der Waals surface area contributed by atoms with Crippen LogP contribution in [-0.4, -0.2) is 120 Å². The standard InChI is InChI=1S/C35H66N16O8S/c1-19(2)16-25(31(56)46-24(12-9-14-42-35(38)39)30(55)49-27(18-60)33(58)59)48-32(57)26(17-20(3)4)47-29(54)23(11-8-13-41-34(36)37)45-28(53)22(44-21(5)52)10-6-7-15-43-51-50-40/h19-20,22-27,43,60H,6-18H2,1-5H3,(H,44,52)(H,45,53)(H,46,56)(H,47,54)(H,48,57)(H,49,55)(H,58,59)(H4,36,37,41)(H4,38,39,42)/t22-,23+,24+,25+,26+,27+/m0/s1. The van der Waals surface area contributed by atoms with Gasteiger partial charge >= 0.3 is 5.97 Å². The second-order valence-electron chi connectivity index (χ2n) is 14.9. The Morgan fingerprint density at radius 2 is 0.983 bits per heavy atom. The van der Waals surface area contributed by atoms with Crippen LogP contribution in [0.1, 0.15) is 92.4 Å². The van der Waals surface area contributed by atoms with Crippen LogP contribution in [0, 0.1) is 22.7 Å². The third kappa shape index (κ3) is 24.9. The van der Waals surface area contributed by atoms with Crippen molar-refractivity contribution in [1.29, 1.82) is 10.8 Å². The van der Waals surface area contributed by atoms with Crippen LogP contribution in [0.15, 0.2) is 5.22 Å². The highest BCUT2D eigenvalue weighted by atomic mass is 32.1. The maximum absolute atomic E-state index is 14.0. The fraction of sp³-hybridized carbons (Fsp3) is 0.743. The lowest BCUT2D eigenvalue weighted by molar-refractivity contribution is -0.141. The predicted molar refractivity (Wildman–Crippen MR) is 227 cm³/mol. The Bertz CT molecular complexity index is 1500. The first kappa shape index (κ1) is 54.3. The van der Waals surface area contributed by atoms with E-state index in [-0.39, 0.29) is 87.5 Å². The molecule has 0 fully saturated rings. The molecule has 0 saturated carbocycles. The highest BCUT2D eigenvalue weighted by molar-refractivity contribution is 7.80. The van der Waals surface area contributed by atoms with Crippen LogP contribution >= 0.6 is 12.6 Å². The summed E-state index contributed by atoms with van der Waals surface area (Å²) in [6.07, 6.45) is 1.90. The Morgan fingerprint density at radius 3 is 1.33 bits per heavy atom. The Balaban J connectivity index is 6.39. The number of carboxylic acids is 1. The average Bonchev–Trinajstić information content (AvgIpc) is 3.15. The Hall–Kier alpha value is -5.71. The van der Waals surface area contributed by atoms with Crippen LogP contribution in [0.2, 0.25) is 0 Å². The molecule has 0 aliphatic carbocycles. The number of guanidine groups is 2. The molecule has 24 nitrogen and oxygen atoms in total. The zero-order chi connectivity index (χ0) is 45.8. The second-order valence-corrected chi connectivity index (χ2v) is 15.3. The van der Waals surface area contributed by atoms with Crippen LogP contribution in [0.3, 0.4) is 0 Å². The SMILES string of the molecule is CC(=O)N[C@@H](CCCCNN=[N+]=[N-])C(=O)N[C@H](CCCNC(=N)N)C(=O)N[C@H](CC(C)C)C(=O)N[C@H](CC(C)C)C(=O)N[C@H](CCCNC(=N)N)C(=O)N[C@H](CS)C(=O)O. The van der Waals surface area contributed by atoms with Gasteiger partial charge in [-0.2, -0.15) is 17.5 Å². The van der Waals surface area contributed by atoms with Gasteiger partial charge in [-0.3, -0.25) is 45.0 Å². The lowest BCUT2D eigenvalue weighted by Crippen LogP contribution is -2.60. The lowest BCUT2D eigenvalue weighted by atomic mass is 9.99. The van der Waals surface area contributed by atoms with Crippen molar-refractivity contribution < 1.29 is 38.7 Å². The molecule has 0 aliphatic rings. The second kappa shape index (κ2) is 30.3. The molecule has 16 N–H and O–H groups in total. The summed E-state index contributed by atoms with van der Waals surface area (Å²) in [4.78, 5) is 94.7. The molecule has 6 amide bonds. The largest absolute Gasteiger partial charge is 0.480 e. The van der Waals surface area contributed by atoms with Crippen molar-refractivity contribution in [3.8, 4) is 0 Å². The first-order valence-corrected chi connectivity index (χ1v) is 20.4. The van der Waals surface area contributed by atoms with Crippen LogP contribution < -0.4 is 59.4 Å². The van der Waals surface area contributed by atoms with Gasteiger partial charge in [0.05, 0.1) is 6.54 Å². The molecule has 0 bridgehead atoms. The predicted octanol–water partition coefficient (Wildman–Crippen LogP) is -1.47. The van der Waals surface area contributed by atoms with Gasteiger partial charge in [-0.05, 0) is 74.8 Å². The molecule has 0 rings (SSSR count). The number of azide groups is 1. The average molecular weight is 871 g/mol. The Labute approximate surface area is 355 Å². The zero-order valence-electron chi connectivity index (χ0n) is 35.1. The molecule has 0 unspecified atom stereocenters. The first-order valence-electron chi connectivity index (χ1n) is 19.8. The smallest absolute Gasteiger partial charge is 0.327 e. The van der Waals surface area contributed by atoms with Crippen molar-refractivity contribution >= 4 is 66.0 Å². The summed E-state index contributed by atoms with van der Waals surface area (Å²) in [5.41, 5.74) is 21.7. The molecule has 0 heterocycles. The third-order valence-electron chi connectivity index (χ3n) is 8.55. The van der Waals surface area contributed by atoms with Gasteiger partial charge in [-0.25, -0.2) is 4.79 Å². The van der Waals surface area contributed by atoms with E-state index in [1.54, 1.807) is 0 Å². The molecule has 0 aromatic carbocycles. The molecular formula is C35H66N16O8S. The quantitative estimate of drug-likeness (QED) is 0.00554. The van der Waals surface area contributed by atoms with Crippen molar-refractivity contribution in [3.63, 3.8) is 0 Å². The number of amides is 6. The van der Waals surface area contributed by atoms with Crippen LogP contribution in [-0.2, 0) is 33.6 Å². The third-order valence-corrected chi connectivity index (χ3v) is 8.92. The van der Waals surface area contributed by atoms with Crippen molar-refractivity contribution in [2.24, 2.45) is 28.5 Å². The first-order chi connectivity index (χ1) is 28.2. The van der Waals surface area contributed by atoms with E-state index in [0.29, 0.717) is 19.4 Å². The van der Waals surface area contributed by atoms with Gasteiger partial charge in [0.1, 0.15) is 36.3 Å². The molecule has 340 valence electrons. The summed E-state index contributed by atoms with van der Waals surface area (Å²) in [5, 5.41) is 48.3. The number of hydrogen-bond donors (Lipinski definition) is 15. The number of carboxylic acid groups (broad SMARTS) is 1. The molecule has 0 aromatic heterocycles. The molecule has 0 saturated heterocycles.